The topological polar surface area (TPSA) is 71.9 Å². The molecule has 0 aliphatic carbocycles. The van der Waals surface area contributed by atoms with Crippen LogP contribution in [-0.4, -0.2) is 24.0 Å². The van der Waals surface area contributed by atoms with Crippen LogP contribution in [0.15, 0.2) is 48.5 Å². The molecule has 0 radical (unpaired) electrons. The number of para-hydroxylation sites is 2. The van der Waals surface area contributed by atoms with Gasteiger partial charge in [0.15, 0.2) is 5.54 Å². The Bertz CT molecular complexity index is 1060. The predicted octanol–water partition coefficient (Wildman–Crippen LogP) is 2.43. The average molecular weight is 328 g/mol. The highest BCUT2D eigenvalue weighted by Gasteiger charge is 2.55. The summed E-state index contributed by atoms with van der Waals surface area (Å²) in [5, 5.41) is 13.8. The molecule has 1 amide bonds. The van der Waals surface area contributed by atoms with Crippen LogP contribution in [0.4, 0.5) is 5.69 Å². The molecular formula is C20H16N4O. The third-order valence-corrected chi connectivity index (χ3v) is 5.35. The third-order valence-electron chi connectivity index (χ3n) is 5.35. The lowest BCUT2D eigenvalue weighted by Gasteiger charge is -2.34. The molecule has 3 heterocycles. The minimum absolute atomic E-state index is 0.0504. The van der Waals surface area contributed by atoms with E-state index in [0.717, 1.165) is 35.4 Å². The Morgan fingerprint density at radius 2 is 1.96 bits per heavy atom. The van der Waals surface area contributed by atoms with Crippen molar-refractivity contribution in [2.75, 3.05) is 18.0 Å². The molecule has 3 aromatic rings. The maximum atomic E-state index is 13.5. The molecule has 25 heavy (non-hydrogen) atoms. The van der Waals surface area contributed by atoms with Crippen molar-refractivity contribution in [1.29, 1.82) is 5.26 Å². The molecule has 0 saturated heterocycles. The first-order valence-corrected chi connectivity index (χ1v) is 8.41. The summed E-state index contributed by atoms with van der Waals surface area (Å²) in [6, 6.07) is 18.0. The Morgan fingerprint density at radius 3 is 2.84 bits per heavy atom. The number of hydrogen-bond acceptors (Lipinski definition) is 3. The van der Waals surface area contributed by atoms with E-state index in [2.05, 4.69) is 22.4 Å². The van der Waals surface area contributed by atoms with E-state index in [-0.39, 0.29) is 12.5 Å². The maximum Gasteiger partial charge on any atom is 0.259 e. The molecule has 0 fully saturated rings. The van der Waals surface area contributed by atoms with Crippen molar-refractivity contribution in [3.63, 3.8) is 0 Å². The number of carbonyl (C=O) groups excluding carboxylic acids is 1. The van der Waals surface area contributed by atoms with Gasteiger partial charge >= 0.3 is 0 Å². The first kappa shape index (κ1) is 14.3. The molecule has 2 N–H and O–H groups in total. The van der Waals surface area contributed by atoms with Crippen LogP contribution in [0, 0.1) is 11.3 Å². The first-order valence-electron chi connectivity index (χ1n) is 8.41. The number of benzene rings is 2. The van der Waals surface area contributed by atoms with Gasteiger partial charge < -0.3 is 4.98 Å². The Morgan fingerprint density at radius 1 is 1.16 bits per heavy atom. The Kier molecular flexibility index (Phi) is 2.82. The van der Waals surface area contributed by atoms with Crippen molar-refractivity contribution in [3.05, 3.63) is 65.4 Å². The molecule has 1 spiro atoms. The number of rotatable bonds is 1. The monoisotopic (exact) mass is 328 g/mol. The van der Waals surface area contributed by atoms with Crippen molar-refractivity contribution >= 4 is 22.5 Å². The zero-order chi connectivity index (χ0) is 17.0. The van der Waals surface area contributed by atoms with Crippen LogP contribution in [-0.2, 0) is 16.8 Å². The SMILES string of the molecule is N#CCN1C(=O)[C@@]2(NCCc3c2[nH]c2ccccc32)c2ccccc21. The second-order valence-corrected chi connectivity index (χ2v) is 6.52. The minimum Gasteiger partial charge on any atom is -0.356 e. The van der Waals surface area contributed by atoms with Gasteiger partial charge in [-0.25, -0.2) is 0 Å². The molecule has 5 heteroatoms. The summed E-state index contributed by atoms with van der Waals surface area (Å²) in [5.74, 6) is -0.0808. The molecular weight excluding hydrogens is 312 g/mol. The van der Waals surface area contributed by atoms with Crippen molar-refractivity contribution in [3.8, 4) is 6.07 Å². The minimum atomic E-state index is -0.931. The highest BCUT2D eigenvalue weighted by atomic mass is 16.2. The number of H-pyrrole nitrogens is 1. The van der Waals surface area contributed by atoms with Crippen LogP contribution in [0.25, 0.3) is 10.9 Å². The fraction of sp³-hybridized carbons (Fsp3) is 0.200. The summed E-state index contributed by atoms with van der Waals surface area (Å²) in [6.45, 7) is 0.768. The van der Waals surface area contributed by atoms with Gasteiger partial charge in [-0.1, -0.05) is 36.4 Å². The van der Waals surface area contributed by atoms with E-state index in [4.69, 9.17) is 0 Å². The number of nitriles is 1. The fourth-order valence-electron chi connectivity index (χ4n) is 4.34. The number of carbonyl (C=O) groups is 1. The van der Waals surface area contributed by atoms with Gasteiger partial charge in [0.1, 0.15) is 6.54 Å². The van der Waals surface area contributed by atoms with Crippen LogP contribution in [0.2, 0.25) is 0 Å². The molecule has 2 aromatic carbocycles. The Hall–Kier alpha value is -3.10. The zero-order valence-corrected chi connectivity index (χ0v) is 13.5. The van der Waals surface area contributed by atoms with Crippen molar-refractivity contribution in [1.82, 2.24) is 10.3 Å². The van der Waals surface area contributed by atoms with Gasteiger partial charge in [0.25, 0.3) is 5.91 Å². The summed E-state index contributed by atoms with van der Waals surface area (Å²) in [7, 11) is 0. The highest BCUT2D eigenvalue weighted by Crippen LogP contribution is 2.47. The van der Waals surface area contributed by atoms with E-state index in [9.17, 15) is 10.1 Å². The molecule has 2 aliphatic rings. The summed E-state index contributed by atoms with van der Waals surface area (Å²) < 4.78 is 0. The van der Waals surface area contributed by atoms with Crippen LogP contribution in [0.3, 0.4) is 0 Å². The second kappa shape index (κ2) is 4.95. The first-order chi connectivity index (χ1) is 12.3. The van der Waals surface area contributed by atoms with E-state index in [1.54, 1.807) is 4.90 Å². The van der Waals surface area contributed by atoms with Gasteiger partial charge in [-0.3, -0.25) is 15.0 Å². The zero-order valence-electron chi connectivity index (χ0n) is 13.5. The Balaban J connectivity index is 1.84. The van der Waals surface area contributed by atoms with Gasteiger partial charge in [0, 0.05) is 23.0 Å². The molecule has 2 aliphatic heterocycles. The quantitative estimate of drug-likeness (QED) is 0.674. The van der Waals surface area contributed by atoms with Crippen LogP contribution < -0.4 is 10.2 Å². The van der Waals surface area contributed by atoms with Crippen molar-refractivity contribution in [2.45, 2.75) is 12.0 Å². The standard InChI is InChI=1S/C20H16N4O/c21-10-12-24-17-8-4-2-6-15(17)20(19(24)25)18-14(9-11-22-20)13-5-1-3-7-16(13)23-18/h1-8,22-23H,9,11-12H2/t20-/m1/s1. The number of anilines is 1. The maximum absolute atomic E-state index is 13.5. The van der Waals surface area contributed by atoms with E-state index >= 15 is 0 Å². The summed E-state index contributed by atoms with van der Waals surface area (Å²) >= 11 is 0. The summed E-state index contributed by atoms with van der Waals surface area (Å²) in [4.78, 5) is 18.5. The van der Waals surface area contributed by atoms with Gasteiger partial charge in [0.05, 0.1) is 17.5 Å². The number of nitrogens with zero attached hydrogens (tertiary/aromatic N) is 2. The molecule has 5 rings (SSSR count). The van der Waals surface area contributed by atoms with Crippen LogP contribution >= 0.6 is 0 Å². The number of fused-ring (bicyclic) bond motifs is 6. The lowest BCUT2D eigenvalue weighted by molar-refractivity contribution is -0.123. The van der Waals surface area contributed by atoms with E-state index in [1.165, 1.54) is 10.9 Å². The van der Waals surface area contributed by atoms with Gasteiger partial charge in [-0.15, -0.1) is 0 Å². The smallest absolute Gasteiger partial charge is 0.259 e. The number of hydrogen-bond donors (Lipinski definition) is 2. The van der Waals surface area contributed by atoms with E-state index < -0.39 is 5.54 Å². The Labute approximate surface area is 144 Å². The molecule has 0 unspecified atom stereocenters. The molecule has 1 aromatic heterocycles. The van der Waals surface area contributed by atoms with Gasteiger partial charge in [0.2, 0.25) is 0 Å². The fourth-order valence-corrected chi connectivity index (χ4v) is 4.34. The molecule has 0 saturated carbocycles. The van der Waals surface area contributed by atoms with E-state index in [0.29, 0.717) is 0 Å². The van der Waals surface area contributed by atoms with Gasteiger partial charge in [-0.05, 0) is 24.1 Å². The number of aromatic nitrogens is 1. The summed E-state index contributed by atoms with van der Waals surface area (Å²) in [6.07, 6.45) is 0.870. The molecule has 1 atom stereocenters. The molecule has 0 bridgehead atoms. The average Bonchev–Trinajstić information content (AvgIpc) is 3.14. The third kappa shape index (κ3) is 1.67. The second-order valence-electron chi connectivity index (χ2n) is 6.52. The van der Waals surface area contributed by atoms with Crippen molar-refractivity contribution in [2.24, 2.45) is 0 Å². The largest absolute Gasteiger partial charge is 0.356 e. The number of aromatic amines is 1. The lowest BCUT2D eigenvalue weighted by Crippen LogP contribution is -2.55. The van der Waals surface area contributed by atoms with E-state index in [1.807, 2.05) is 42.5 Å². The lowest BCUT2D eigenvalue weighted by atomic mass is 9.82. The van der Waals surface area contributed by atoms with Crippen LogP contribution in [0.1, 0.15) is 16.8 Å². The summed E-state index contributed by atoms with van der Waals surface area (Å²) in [5.41, 5.74) is 3.95. The number of nitrogens with one attached hydrogen (secondary N) is 2. The normalized spacial score (nSPS) is 21.4. The van der Waals surface area contributed by atoms with Crippen molar-refractivity contribution < 1.29 is 4.79 Å². The number of amides is 1. The molecule has 122 valence electrons. The predicted molar refractivity (Wildman–Crippen MR) is 95.2 cm³/mol. The van der Waals surface area contributed by atoms with Gasteiger partial charge in [-0.2, -0.15) is 5.26 Å². The highest BCUT2D eigenvalue weighted by molar-refractivity contribution is 6.11. The molecule has 5 nitrogen and oxygen atoms in total. The van der Waals surface area contributed by atoms with Crippen LogP contribution in [0.5, 0.6) is 0 Å².